The third-order valence-corrected chi connectivity index (χ3v) is 6.09. The first-order valence-electron chi connectivity index (χ1n) is 9.94. The van der Waals surface area contributed by atoms with Gasteiger partial charge in [0.1, 0.15) is 0 Å². The summed E-state index contributed by atoms with van der Waals surface area (Å²) >= 11 is 0. The maximum Gasteiger partial charge on any atom is 0.251 e. The number of nitrogens with zero attached hydrogens (tertiary/aromatic N) is 3. The molecule has 0 saturated carbocycles. The molecule has 142 valence electrons. The van der Waals surface area contributed by atoms with E-state index in [1.165, 1.54) is 27.1 Å². The Morgan fingerprint density at radius 1 is 1.00 bits per heavy atom. The highest BCUT2D eigenvalue weighted by Crippen LogP contribution is 2.34. The number of carbonyl (C=O) groups excluding carboxylic acids is 2. The van der Waals surface area contributed by atoms with Gasteiger partial charge in [-0.25, -0.2) is 4.90 Å². The highest BCUT2D eigenvalue weighted by Gasteiger charge is 2.43. The van der Waals surface area contributed by atoms with Crippen LogP contribution < -0.4 is 4.90 Å². The molecule has 1 saturated heterocycles. The third kappa shape index (κ3) is 2.50. The second kappa shape index (κ2) is 6.60. The molecular formula is C23H23N3O2. The molecule has 5 heteroatoms. The molecule has 2 amide bonds. The predicted molar refractivity (Wildman–Crippen MR) is 109 cm³/mol. The smallest absolute Gasteiger partial charge is 0.251 e. The Bertz CT molecular complexity index is 1040. The summed E-state index contributed by atoms with van der Waals surface area (Å²) in [4.78, 5) is 29.3. The molecule has 0 aliphatic carbocycles. The maximum absolute atomic E-state index is 13.1. The molecule has 1 fully saturated rings. The van der Waals surface area contributed by atoms with Crippen LogP contribution in [0.15, 0.2) is 54.6 Å². The van der Waals surface area contributed by atoms with Gasteiger partial charge < -0.3 is 4.57 Å². The SMILES string of the molecule is CCn1c2c(c3ccccc31)CCN(C1CC(=O)N(c3ccccc3)C1=O)C2. The molecule has 5 rings (SSSR count). The topological polar surface area (TPSA) is 45.6 Å². The maximum atomic E-state index is 13.1. The van der Waals surface area contributed by atoms with Crippen LogP contribution in [-0.2, 0) is 29.1 Å². The van der Waals surface area contributed by atoms with Crippen LogP contribution in [0.4, 0.5) is 5.69 Å². The summed E-state index contributed by atoms with van der Waals surface area (Å²) < 4.78 is 2.35. The molecule has 0 radical (unpaired) electrons. The minimum Gasteiger partial charge on any atom is -0.343 e. The van der Waals surface area contributed by atoms with Crippen molar-refractivity contribution in [2.75, 3.05) is 11.4 Å². The summed E-state index contributed by atoms with van der Waals surface area (Å²) in [5.41, 5.74) is 4.61. The van der Waals surface area contributed by atoms with Crippen LogP contribution in [0.25, 0.3) is 10.9 Å². The van der Waals surface area contributed by atoms with Gasteiger partial charge in [0.25, 0.3) is 5.91 Å². The fourth-order valence-corrected chi connectivity index (χ4v) is 4.79. The molecule has 0 bridgehead atoms. The first-order chi connectivity index (χ1) is 13.7. The summed E-state index contributed by atoms with van der Waals surface area (Å²) in [7, 11) is 0. The van der Waals surface area contributed by atoms with E-state index < -0.39 is 0 Å². The summed E-state index contributed by atoms with van der Waals surface area (Å²) in [6, 6.07) is 17.4. The average Bonchev–Trinajstić information content (AvgIpc) is 3.21. The minimum atomic E-state index is -0.371. The molecule has 2 aromatic carbocycles. The minimum absolute atomic E-state index is 0.0983. The summed E-state index contributed by atoms with van der Waals surface area (Å²) in [5.74, 6) is -0.207. The van der Waals surface area contributed by atoms with Gasteiger partial charge >= 0.3 is 0 Å². The molecule has 0 spiro atoms. The molecule has 0 N–H and O–H groups in total. The van der Waals surface area contributed by atoms with Crippen LogP contribution in [0.1, 0.15) is 24.6 Å². The zero-order chi connectivity index (χ0) is 19.3. The molecule has 3 aromatic rings. The number of amides is 2. The highest BCUT2D eigenvalue weighted by atomic mass is 16.2. The first kappa shape index (κ1) is 17.2. The standard InChI is InChI=1S/C23H23N3O2/c1-2-25-19-11-7-6-10-17(19)18-12-13-24(15-21(18)25)20-14-22(27)26(23(20)28)16-8-4-3-5-9-16/h3-11,20H,2,12-15H2,1H3. The number of rotatable bonds is 3. The zero-order valence-electron chi connectivity index (χ0n) is 16.0. The van der Waals surface area contributed by atoms with Gasteiger partial charge in [-0.1, -0.05) is 36.4 Å². The number of hydrogen-bond acceptors (Lipinski definition) is 3. The fraction of sp³-hybridized carbons (Fsp3) is 0.304. The number of carbonyl (C=O) groups is 2. The van der Waals surface area contributed by atoms with Crippen molar-refractivity contribution in [2.45, 2.75) is 38.9 Å². The normalized spacial score (nSPS) is 20.2. The Labute approximate surface area is 164 Å². The third-order valence-electron chi connectivity index (χ3n) is 6.09. The van der Waals surface area contributed by atoms with Crippen LogP contribution in [0.2, 0.25) is 0 Å². The molecule has 3 heterocycles. The van der Waals surface area contributed by atoms with Crippen molar-refractivity contribution in [1.29, 1.82) is 0 Å². The Balaban J connectivity index is 1.47. The molecule has 1 aromatic heterocycles. The van der Waals surface area contributed by atoms with Gasteiger partial charge in [0.2, 0.25) is 5.91 Å². The zero-order valence-corrected chi connectivity index (χ0v) is 16.0. The van der Waals surface area contributed by atoms with E-state index in [1.807, 2.05) is 30.3 Å². The monoisotopic (exact) mass is 373 g/mol. The number of aryl methyl sites for hydroxylation is 1. The number of anilines is 1. The van der Waals surface area contributed by atoms with E-state index >= 15 is 0 Å². The van der Waals surface area contributed by atoms with Crippen LogP contribution in [0, 0.1) is 0 Å². The van der Waals surface area contributed by atoms with E-state index in [0.717, 1.165) is 19.5 Å². The molecule has 1 unspecified atom stereocenters. The predicted octanol–water partition coefficient (Wildman–Crippen LogP) is 3.35. The highest BCUT2D eigenvalue weighted by molar-refractivity contribution is 6.22. The molecule has 1 atom stereocenters. The van der Waals surface area contributed by atoms with Crippen molar-refractivity contribution < 1.29 is 9.59 Å². The lowest BCUT2D eigenvalue weighted by Crippen LogP contribution is -2.44. The number of aromatic nitrogens is 1. The number of imide groups is 1. The Kier molecular flexibility index (Phi) is 4.05. The van der Waals surface area contributed by atoms with E-state index in [1.54, 1.807) is 0 Å². The van der Waals surface area contributed by atoms with E-state index in [2.05, 4.69) is 40.7 Å². The van der Waals surface area contributed by atoms with Crippen molar-refractivity contribution in [1.82, 2.24) is 9.47 Å². The van der Waals surface area contributed by atoms with E-state index in [9.17, 15) is 9.59 Å². The Hall–Kier alpha value is -2.92. The molecule has 28 heavy (non-hydrogen) atoms. The summed E-state index contributed by atoms with van der Waals surface area (Å²) in [6.45, 7) is 4.58. The van der Waals surface area contributed by atoms with Crippen LogP contribution >= 0.6 is 0 Å². The van der Waals surface area contributed by atoms with Gasteiger partial charge in [-0.05, 0) is 37.1 Å². The van der Waals surface area contributed by atoms with Crippen molar-refractivity contribution in [3.05, 3.63) is 65.9 Å². The van der Waals surface area contributed by atoms with Gasteiger partial charge in [0, 0.05) is 36.2 Å². The van der Waals surface area contributed by atoms with Crippen molar-refractivity contribution >= 4 is 28.4 Å². The van der Waals surface area contributed by atoms with Crippen LogP contribution in [-0.4, -0.2) is 33.9 Å². The summed E-state index contributed by atoms with van der Waals surface area (Å²) in [6.07, 6.45) is 1.17. The number of fused-ring (bicyclic) bond motifs is 3. The van der Waals surface area contributed by atoms with Gasteiger partial charge in [-0.15, -0.1) is 0 Å². The van der Waals surface area contributed by atoms with E-state index in [4.69, 9.17) is 0 Å². The second-order valence-corrected chi connectivity index (χ2v) is 7.53. The number of hydrogen-bond donors (Lipinski definition) is 0. The summed E-state index contributed by atoms with van der Waals surface area (Å²) in [5, 5.41) is 1.32. The first-order valence-corrected chi connectivity index (χ1v) is 9.94. The molecule has 2 aliphatic heterocycles. The lowest BCUT2D eigenvalue weighted by molar-refractivity contribution is -0.123. The van der Waals surface area contributed by atoms with Gasteiger partial charge in [0.15, 0.2) is 0 Å². The lowest BCUT2D eigenvalue weighted by Gasteiger charge is -2.32. The largest absolute Gasteiger partial charge is 0.343 e. The van der Waals surface area contributed by atoms with Crippen molar-refractivity contribution in [2.24, 2.45) is 0 Å². The van der Waals surface area contributed by atoms with Crippen LogP contribution in [0.3, 0.4) is 0 Å². The van der Waals surface area contributed by atoms with Crippen LogP contribution in [0.5, 0.6) is 0 Å². The van der Waals surface area contributed by atoms with Gasteiger partial charge in [-0.2, -0.15) is 0 Å². The fourth-order valence-electron chi connectivity index (χ4n) is 4.79. The van der Waals surface area contributed by atoms with Crippen molar-refractivity contribution in [3.8, 4) is 0 Å². The lowest BCUT2D eigenvalue weighted by atomic mass is 10.0. The Morgan fingerprint density at radius 3 is 2.54 bits per heavy atom. The molecular weight excluding hydrogens is 350 g/mol. The van der Waals surface area contributed by atoms with E-state index in [0.29, 0.717) is 12.2 Å². The molecule has 5 nitrogen and oxygen atoms in total. The number of para-hydroxylation sites is 2. The van der Waals surface area contributed by atoms with Gasteiger partial charge in [0.05, 0.1) is 18.2 Å². The number of benzene rings is 2. The Morgan fingerprint density at radius 2 is 1.75 bits per heavy atom. The van der Waals surface area contributed by atoms with E-state index in [-0.39, 0.29) is 24.3 Å². The van der Waals surface area contributed by atoms with Crippen molar-refractivity contribution in [3.63, 3.8) is 0 Å². The molecule has 2 aliphatic rings. The average molecular weight is 373 g/mol. The van der Waals surface area contributed by atoms with Gasteiger partial charge in [-0.3, -0.25) is 14.5 Å². The second-order valence-electron chi connectivity index (χ2n) is 7.53. The quantitative estimate of drug-likeness (QED) is 0.662.